The van der Waals surface area contributed by atoms with Gasteiger partial charge in [-0.2, -0.15) is 0 Å². The van der Waals surface area contributed by atoms with Crippen LogP contribution in [0.25, 0.3) is 33.7 Å². The SMILES string of the molecule is COc1ccc(C)c(-c2cnc3c(cc(-c4ccc(C)nc4)n3S(=O)(=O)c3ccc(C)cc3)n2)c1C. The van der Waals surface area contributed by atoms with E-state index in [0.717, 1.165) is 33.7 Å². The zero-order valence-corrected chi connectivity index (χ0v) is 21.6. The molecule has 5 aromatic rings. The molecular formula is C28H26N4O3S. The Balaban J connectivity index is 1.79. The van der Waals surface area contributed by atoms with E-state index in [2.05, 4.69) is 9.97 Å². The molecule has 0 saturated carbocycles. The molecule has 0 spiro atoms. The van der Waals surface area contributed by atoms with Crippen LogP contribution < -0.4 is 4.74 Å². The highest BCUT2D eigenvalue weighted by Gasteiger charge is 2.26. The molecule has 5 rings (SSSR count). The Morgan fingerprint density at radius 1 is 0.861 bits per heavy atom. The Labute approximate surface area is 210 Å². The van der Waals surface area contributed by atoms with Crippen LogP contribution in [0.1, 0.15) is 22.4 Å². The Morgan fingerprint density at radius 3 is 2.28 bits per heavy atom. The first-order valence-electron chi connectivity index (χ1n) is 11.5. The lowest BCUT2D eigenvalue weighted by Gasteiger charge is -2.14. The third kappa shape index (κ3) is 3.93. The van der Waals surface area contributed by atoms with Crippen LogP contribution in [0, 0.1) is 27.7 Å². The molecule has 0 unspecified atom stereocenters. The molecule has 0 fully saturated rings. The number of methoxy groups -OCH3 is 1. The summed E-state index contributed by atoms with van der Waals surface area (Å²) in [5.74, 6) is 0.753. The molecule has 36 heavy (non-hydrogen) atoms. The summed E-state index contributed by atoms with van der Waals surface area (Å²) in [6.45, 7) is 7.78. The smallest absolute Gasteiger partial charge is 0.269 e. The molecule has 3 heterocycles. The second-order valence-corrected chi connectivity index (χ2v) is 10.6. The highest BCUT2D eigenvalue weighted by atomic mass is 32.2. The molecule has 0 saturated heterocycles. The molecule has 182 valence electrons. The molecule has 3 aromatic heterocycles. The zero-order chi connectivity index (χ0) is 25.6. The van der Waals surface area contributed by atoms with Gasteiger partial charge >= 0.3 is 0 Å². The van der Waals surface area contributed by atoms with Gasteiger partial charge in [0.05, 0.1) is 29.6 Å². The van der Waals surface area contributed by atoms with Crippen LogP contribution in [0.15, 0.2) is 71.9 Å². The Bertz CT molecular complexity index is 1710. The Kier molecular flexibility index (Phi) is 5.84. The second-order valence-electron chi connectivity index (χ2n) is 8.85. The van der Waals surface area contributed by atoms with Crippen LogP contribution in [-0.2, 0) is 10.0 Å². The molecule has 0 bridgehead atoms. The normalized spacial score (nSPS) is 11.7. The molecule has 0 aliphatic heterocycles. The van der Waals surface area contributed by atoms with Gasteiger partial charge in [-0.1, -0.05) is 23.8 Å². The number of aryl methyl sites for hydroxylation is 3. The minimum Gasteiger partial charge on any atom is -0.496 e. The first-order chi connectivity index (χ1) is 17.2. The maximum atomic E-state index is 13.9. The number of benzene rings is 2. The van der Waals surface area contributed by atoms with Gasteiger partial charge in [0.1, 0.15) is 11.3 Å². The van der Waals surface area contributed by atoms with Crippen LogP contribution in [0.4, 0.5) is 0 Å². The number of ether oxygens (including phenoxy) is 1. The number of hydrogen-bond donors (Lipinski definition) is 0. The number of hydrogen-bond acceptors (Lipinski definition) is 6. The van der Waals surface area contributed by atoms with Gasteiger partial charge in [0.25, 0.3) is 10.0 Å². The third-order valence-corrected chi connectivity index (χ3v) is 8.05. The minimum atomic E-state index is -3.97. The lowest BCUT2D eigenvalue weighted by atomic mass is 9.99. The molecule has 8 heteroatoms. The van der Waals surface area contributed by atoms with Crippen molar-refractivity contribution in [3.63, 3.8) is 0 Å². The van der Waals surface area contributed by atoms with E-state index in [0.29, 0.717) is 22.5 Å². The quantitative estimate of drug-likeness (QED) is 0.312. The average Bonchev–Trinajstić information content (AvgIpc) is 3.25. The first-order valence-corrected chi connectivity index (χ1v) is 12.9. The molecule has 0 aliphatic rings. The van der Waals surface area contributed by atoms with E-state index in [1.165, 1.54) is 3.97 Å². The van der Waals surface area contributed by atoms with Gasteiger partial charge in [-0.3, -0.25) is 4.98 Å². The molecule has 7 nitrogen and oxygen atoms in total. The van der Waals surface area contributed by atoms with E-state index < -0.39 is 10.0 Å². The largest absolute Gasteiger partial charge is 0.496 e. The van der Waals surface area contributed by atoms with E-state index in [1.54, 1.807) is 49.8 Å². The molecular weight excluding hydrogens is 472 g/mol. The van der Waals surface area contributed by atoms with E-state index in [4.69, 9.17) is 9.72 Å². The Morgan fingerprint density at radius 2 is 1.61 bits per heavy atom. The first kappa shape index (κ1) is 23.7. The molecule has 0 atom stereocenters. The van der Waals surface area contributed by atoms with Crippen LogP contribution in [-0.4, -0.2) is 34.5 Å². The summed E-state index contributed by atoms with van der Waals surface area (Å²) < 4.78 is 34.5. The monoisotopic (exact) mass is 498 g/mol. The van der Waals surface area contributed by atoms with Gasteiger partial charge in [-0.25, -0.2) is 22.4 Å². The summed E-state index contributed by atoms with van der Waals surface area (Å²) in [4.78, 5) is 14.0. The van der Waals surface area contributed by atoms with Gasteiger partial charge in [-0.15, -0.1) is 0 Å². The van der Waals surface area contributed by atoms with Crippen molar-refractivity contribution in [2.75, 3.05) is 7.11 Å². The second kappa shape index (κ2) is 8.87. The Hall–Kier alpha value is -4.04. The van der Waals surface area contributed by atoms with Crippen molar-refractivity contribution in [1.82, 2.24) is 18.9 Å². The number of rotatable bonds is 5. The minimum absolute atomic E-state index is 0.178. The fraction of sp³-hybridized carbons (Fsp3) is 0.179. The standard InChI is InChI=1S/C28H26N4O3S/c1-17-6-11-22(12-7-17)36(33,34)32-25(21-10-9-19(3)29-15-21)14-23-28(32)30-16-24(31-23)27-18(2)8-13-26(35-5)20(27)4/h6-16H,1-5H3. The molecule has 0 radical (unpaired) electrons. The predicted octanol–water partition coefficient (Wildman–Crippen LogP) is 5.64. The zero-order valence-electron chi connectivity index (χ0n) is 20.8. The van der Waals surface area contributed by atoms with Crippen molar-refractivity contribution in [2.24, 2.45) is 0 Å². The summed E-state index contributed by atoms with van der Waals surface area (Å²) >= 11 is 0. The van der Waals surface area contributed by atoms with E-state index in [1.807, 2.05) is 52.0 Å². The lowest BCUT2D eigenvalue weighted by Crippen LogP contribution is -2.15. The van der Waals surface area contributed by atoms with E-state index in [9.17, 15) is 8.42 Å². The third-order valence-electron chi connectivity index (χ3n) is 6.33. The number of nitrogens with zero attached hydrogens (tertiary/aromatic N) is 4. The summed E-state index contributed by atoms with van der Waals surface area (Å²) in [6.07, 6.45) is 3.29. The molecule has 0 aliphatic carbocycles. The fourth-order valence-electron chi connectivity index (χ4n) is 4.40. The topological polar surface area (TPSA) is 87.0 Å². The molecule has 0 amide bonds. The summed E-state index contributed by atoms with van der Waals surface area (Å²) in [6, 6.07) is 16.1. The van der Waals surface area contributed by atoms with Gasteiger partial charge < -0.3 is 4.74 Å². The molecule has 0 N–H and O–H groups in total. The highest BCUT2D eigenvalue weighted by Crippen LogP contribution is 2.35. The van der Waals surface area contributed by atoms with Crippen molar-refractivity contribution in [3.8, 4) is 28.3 Å². The number of aromatic nitrogens is 4. The maximum Gasteiger partial charge on any atom is 0.269 e. The van der Waals surface area contributed by atoms with Crippen LogP contribution in [0.3, 0.4) is 0 Å². The van der Waals surface area contributed by atoms with Crippen molar-refractivity contribution in [1.29, 1.82) is 0 Å². The van der Waals surface area contributed by atoms with Crippen molar-refractivity contribution < 1.29 is 13.2 Å². The van der Waals surface area contributed by atoms with Crippen LogP contribution in [0.5, 0.6) is 5.75 Å². The predicted molar refractivity (Wildman–Crippen MR) is 141 cm³/mol. The fourth-order valence-corrected chi connectivity index (χ4v) is 5.87. The van der Waals surface area contributed by atoms with Gasteiger partial charge in [0.15, 0.2) is 5.65 Å². The van der Waals surface area contributed by atoms with Gasteiger partial charge in [0.2, 0.25) is 0 Å². The van der Waals surface area contributed by atoms with Crippen molar-refractivity contribution in [3.05, 3.63) is 89.4 Å². The van der Waals surface area contributed by atoms with E-state index in [-0.39, 0.29) is 10.5 Å². The van der Waals surface area contributed by atoms with Gasteiger partial charge in [0, 0.05) is 28.6 Å². The number of pyridine rings is 1. The maximum absolute atomic E-state index is 13.9. The lowest BCUT2D eigenvalue weighted by molar-refractivity contribution is 0.412. The summed E-state index contributed by atoms with van der Waals surface area (Å²) in [5, 5.41) is 0. The van der Waals surface area contributed by atoms with Crippen molar-refractivity contribution in [2.45, 2.75) is 32.6 Å². The summed E-state index contributed by atoms with van der Waals surface area (Å²) in [5.41, 5.74) is 7.19. The highest BCUT2D eigenvalue weighted by molar-refractivity contribution is 7.90. The van der Waals surface area contributed by atoms with Gasteiger partial charge in [-0.05, 0) is 69.7 Å². The number of fused-ring (bicyclic) bond motifs is 1. The molecule has 2 aromatic carbocycles. The van der Waals surface area contributed by atoms with Crippen molar-refractivity contribution >= 4 is 21.2 Å². The summed E-state index contributed by atoms with van der Waals surface area (Å²) in [7, 11) is -2.33. The van der Waals surface area contributed by atoms with Crippen LogP contribution >= 0.6 is 0 Å². The van der Waals surface area contributed by atoms with Crippen LogP contribution in [0.2, 0.25) is 0 Å². The van der Waals surface area contributed by atoms with E-state index >= 15 is 0 Å². The average molecular weight is 499 g/mol.